The van der Waals surface area contributed by atoms with Crippen LogP contribution in [0.4, 0.5) is 0 Å². The lowest BCUT2D eigenvalue weighted by molar-refractivity contribution is -0.283. The number of rotatable bonds is 5. The highest BCUT2D eigenvalue weighted by Crippen LogP contribution is 2.40. The van der Waals surface area contributed by atoms with Crippen molar-refractivity contribution in [3.8, 4) is 0 Å². The van der Waals surface area contributed by atoms with Crippen molar-refractivity contribution in [2.45, 2.75) is 57.6 Å². The van der Waals surface area contributed by atoms with Crippen LogP contribution in [0.2, 0.25) is 5.02 Å². The van der Waals surface area contributed by atoms with Crippen LogP contribution in [0.1, 0.15) is 44.9 Å². The van der Waals surface area contributed by atoms with Crippen molar-refractivity contribution in [2.75, 3.05) is 0 Å². The molecule has 0 N–H and O–H groups in total. The van der Waals surface area contributed by atoms with Gasteiger partial charge in [-0.3, -0.25) is 14.4 Å². The molecule has 1 fully saturated rings. The van der Waals surface area contributed by atoms with E-state index < -0.39 is 48.4 Å². The number of carbonyl (C=O) groups excluding carboxylic acids is 3. The second-order valence-corrected chi connectivity index (χ2v) is 7.49. The van der Waals surface area contributed by atoms with Crippen LogP contribution in [-0.4, -0.2) is 36.4 Å². The first-order valence-electron chi connectivity index (χ1n) is 8.65. The molecule has 1 aromatic rings. The Hall–Kier alpha value is -1.64. The molecule has 0 spiro atoms. The van der Waals surface area contributed by atoms with Gasteiger partial charge in [-0.1, -0.05) is 46.6 Å². The molecule has 1 aromatic carbocycles. The number of benzene rings is 1. The summed E-state index contributed by atoms with van der Waals surface area (Å²) in [5.74, 6) is -2.17. The molecule has 1 aliphatic rings. The average molecular weight is 478 g/mol. The van der Waals surface area contributed by atoms with Crippen molar-refractivity contribution in [2.24, 2.45) is 5.92 Å². The fraction of sp³-hybridized carbons (Fsp3) is 0.526. The topological polar surface area (TPSA) is 88.1 Å². The molecule has 1 unspecified atom stereocenters. The standard InChI is InChI=1S/C19H22BrClO7/c1-9-16(13-5-6-15(21)14(7-13)8-20)28-19(27-12(4)24)18(26-11(3)23)17(9)25-10(2)22/h5-7,9,16-19H,8H2,1-4H3/t9-,16+,17+,18-,19?/m0/s1. The van der Waals surface area contributed by atoms with E-state index in [4.69, 9.17) is 30.5 Å². The van der Waals surface area contributed by atoms with E-state index in [1.807, 2.05) is 6.07 Å². The molecule has 0 amide bonds. The van der Waals surface area contributed by atoms with Gasteiger partial charge in [0.2, 0.25) is 12.4 Å². The molecule has 0 saturated carbocycles. The first-order chi connectivity index (χ1) is 13.1. The summed E-state index contributed by atoms with van der Waals surface area (Å²) in [6, 6.07) is 5.39. The smallest absolute Gasteiger partial charge is 0.305 e. The highest BCUT2D eigenvalue weighted by molar-refractivity contribution is 9.08. The summed E-state index contributed by atoms with van der Waals surface area (Å²) in [5, 5.41) is 1.13. The Kier molecular flexibility index (Phi) is 7.86. The van der Waals surface area contributed by atoms with Crippen molar-refractivity contribution < 1.29 is 33.3 Å². The molecule has 1 saturated heterocycles. The Bertz CT molecular complexity index is 754. The molecule has 0 bridgehead atoms. The number of esters is 3. The molecule has 0 aliphatic carbocycles. The number of ether oxygens (including phenoxy) is 4. The second kappa shape index (κ2) is 9.71. The van der Waals surface area contributed by atoms with Gasteiger partial charge in [0.25, 0.3) is 0 Å². The van der Waals surface area contributed by atoms with Gasteiger partial charge in [0.15, 0.2) is 6.10 Å². The largest absolute Gasteiger partial charge is 0.458 e. The van der Waals surface area contributed by atoms with E-state index in [2.05, 4.69) is 15.9 Å². The molecular formula is C19H22BrClO7. The van der Waals surface area contributed by atoms with Crippen molar-refractivity contribution in [1.82, 2.24) is 0 Å². The summed E-state index contributed by atoms with van der Waals surface area (Å²) >= 11 is 9.57. The van der Waals surface area contributed by atoms with Crippen LogP contribution in [-0.2, 0) is 38.7 Å². The van der Waals surface area contributed by atoms with Gasteiger partial charge in [-0.05, 0) is 17.2 Å². The molecule has 0 aromatic heterocycles. The highest BCUT2D eigenvalue weighted by Gasteiger charge is 2.50. The van der Waals surface area contributed by atoms with E-state index >= 15 is 0 Å². The Morgan fingerprint density at radius 1 is 1.04 bits per heavy atom. The van der Waals surface area contributed by atoms with Crippen LogP contribution in [0, 0.1) is 5.92 Å². The van der Waals surface area contributed by atoms with Gasteiger partial charge in [0, 0.05) is 37.0 Å². The zero-order valence-corrected chi connectivity index (χ0v) is 18.3. The number of alkyl halides is 1. The van der Waals surface area contributed by atoms with Gasteiger partial charge in [0.1, 0.15) is 0 Å². The van der Waals surface area contributed by atoms with Crippen LogP contribution < -0.4 is 0 Å². The van der Waals surface area contributed by atoms with Gasteiger partial charge in [-0.2, -0.15) is 0 Å². The van der Waals surface area contributed by atoms with Crippen molar-refractivity contribution in [1.29, 1.82) is 0 Å². The summed E-state index contributed by atoms with van der Waals surface area (Å²) in [4.78, 5) is 34.8. The summed E-state index contributed by atoms with van der Waals surface area (Å²) in [6.07, 6.45) is -3.77. The summed E-state index contributed by atoms with van der Waals surface area (Å²) in [7, 11) is 0. The van der Waals surface area contributed by atoms with Crippen molar-refractivity contribution >= 4 is 45.4 Å². The normalized spacial score (nSPS) is 27.0. The predicted octanol–water partition coefficient (Wildman–Crippen LogP) is 3.69. The van der Waals surface area contributed by atoms with Crippen LogP contribution in [0.15, 0.2) is 18.2 Å². The molecule has 0 radical (unpaired) electrons. The SMILES string of the molecule is CC(=O)OC1O[C@@H](c2ccc(Cl)c(CBr)c2)[C@H](C)[C@@H](OC(C)=O)[C@@H]1OC(C)=O. The minimum absolute atomic E-state index is 0.399. The fourth-order valence-corrected chi connectivity index (χ4v) is 3.98. The van der Waals surface area contributed by atoms with Crippen LogP contribution in [0.25, 0.3) is 0 Å². The minimum atomic E-state index is -1.23. The zero-order valence-electron chi connectivity index (χ0n) is 15.9. The van der Waals surface area contributed by atoms with E-state index in [1.165, 1.54) is 20.8 Å². The second-order valence-electron chi connectivity index (χ2n) is 6.53. The van der Waals surface area contributed by atoms with E-state index in [1.54, 1.807) is 19.1 Å². The van der Waals surface area contributed by atoms with Gasteiger partial charge in [-0.25, -0.2) is 0 Å². The molecule has 7 nitrogen and oxygen atoms in total. The molecular weight excluding hydrogens is 456 g/mol. The third-order valence-corrected chi connectivity index (χ3v) is 5.27. The minimum Gasteiger partial charge on any atom is -0.458 e. The third kappa shape index (κ3) is 5.46. The molecule has 1 heterocycles. The highest BCUT2D eigenvalue weighted by atomic mass is 79.9. The zero-order chi connectivity index (χ0) is 21.0. The van der Waals surface area contributed by atoms with Gasteiger partial charge in [0.05, 0.1) is 6.10 Å². The molecule has 1 aliphatic heterocycles. The molecule has 9 heteroatoms. The number of halogens is 2. The molecule has 28 heavy (non-hydrogen) atoms. The van der Waals surface area contributed by atoms with Crippen LogP contribution in [0.3, 0.4) is 0 Å². The van der Waals surface area contributed by atoms with E-state index in [-0.39, 0.29) is 0 Å². The average Bonchev–Trinajstić information content (AvgIpc) is 2.60. The van der Waals surface area contributed by atoms with Crippen molar-refractivity contribution in [3.05, 3.63) is 34.3 Å². The lowest BCUT2D eigenvalue weighted by Crippen LogP contribution is -2.55. The predicted molar refractivity (Wildman–Crippen MR) is 104 cm³/mol. The quantitative estimate of drug-likeness (QED) is 0.363. The third-order valence-electron chi connectivity index (χ3n) is 4.30. The van der Waals surface area contributed by atoms with Gasteiger partial charge >= 0.3 is 17.9 Å². The Balaban J connectivity index is 2.46. The molecule has 2 rings (SSSR count). The first-order valence-corrected chi connectivity index (χ1v) is 10.1. The van der Waals surface area contributed by atoms with E-state index in [9.17, 15) is 14.4 Å². The summed E-state index contributed by atoms with van der Waals surface area (Å²) in [5.41, 5.74) is 1.62. The molecule has 5 atom stereocenters. The van der Waals surface area contributed by atoms with Crippen LogP contribution >= 0.6 is 27.5 Å². The Labute approximate surface area is 176 Å². The van der Waals surface area contributed by atoms with E-state index in [0.29, 0.717) is 10.4 Å². The lowest BCUT2D eigenvalue weighted by atomic mass is 9.86. The summed E-state index contributed by atoms with van der Waals surface area (Å²) < 4.78 is 22.0. The maximum Gasteiger partial charge on any atom is 0.305 e. The van der Waals surface area contributed by atoms with Gasteiger partial charge in [-0.15, -0.1) is 0 Å². The fourth-order valence-electron chi connectivity index (χ4n) is 3.17. The number of carbonyl (C=O) groups is 3. The van der Waals surface area contributed by atoms with E-state index in [0.717, 1.165) is 11.1 Å². The lowest BCUT2D eigenvalue weighted by Gasteiger charge is -2.43. The number of hydrogen-bond donors (Lipinski definition) is 0. The van der Waals surface area contributed by atoms with Crippen molar-refractivity contribution in [3.63, 3.8) is 0 Å². The summed E-state index contributed by atoms with van der Waals surface area (Å²) in [6.45, 7) is 5.50. The van der Waals surface area contributed by atoms with Crippen LogP contribution in [0.5, 0.6) is 0 Å². The van der Waals surface area contributed by atoms with Gasteiger partial charge < -0.3 is 18.9 Å². The number of hydrogen-bond acceptors (Lipinski definition) is 7. The maximum absolute atomic E-state index is 11.7. The maximum atomic E-state index is 11.7. The monoisotopic (exact) mass is 476 g/mol. The Morgan fingerprint density at radius 3 is 2.14 bits per heavy atom. The molecule has 154 valence electrons. The Morgan fingerprint density at radius 2 is 1.61 bits per heavy atom. The first kappa shape index (κ1) is 22.6.